The normalized spacial score (nSPS) is 20.2. The Labute approximate surface area is 437 Å². The average Bonchev–Trinajstić information content (AvgIpc) is 3.38. The molecule has 0 aromatic carbocycles. The van der Waals surface area contributed by atoms with E-state index in [1.54, 1.807) is 6.08 Å². The molecule has 11 heteroatoms. The number of carbonyl (C=O) groups is 2. The molecule has 412 valence electrons. The molecule has 1 aliphatic heterocycles. The molecule has 1 heterocycles. The van der Waals surface area contributed by atoms with Gasteiger partial charge in [-0.2, -0.15) is 0 Å². The quantitative estimate of drug-likeness (QED) is 0.0196. The van der Waals surface area contributed by atoms with E-state index in [2.05, 4.69) is 105 Å². The minimum atomic E-state index is -1.63. The summed E-state index contributed by atoms with van der Waals surface area (Å²) in [6.45, 7) is 5.57. The lowest BCUT2D eigenvalue weighted by Gasteiger charge is -2.41. The number of esters is 1. The maximum Gasteiger partial charge on any atom is 0.306 e. The van der Waals surface area contributed by atoms with Gasteiger partial charge in [-0.3, -0.25) is 9.59 Å². The molecule has 1 rings (SSSR count). The summed E-state index contributed by atoms with van der Waals surface area (Å²) in [5.74, 6) is -1.26. The summed E-state index contributed by atoms with van der Waals surface area (Å²) in [6.07, 6.45) is 53.2. The van der Waals surface area contributed by atoms with Gasteiger partial charge in [-0.15, -0.1) is 0 Å². The first kappa shape index (κ1) is 66.6. The summed E-state index contributed by atoms with van der Waals surface area (Å²) in [4.78, 5) is 26.4. The number of ether oxygens (including phenoxy) is 3. The minimum absolute atomic E-state index is 0.103. The fraction of sp³-hybridized carbons (Fsp3) is 0.705. The minimum Gasteiger partial charge on any atom is -0.454 e. The Morgan fingerprint density at radius 3 is 1.56 bits per heavy atom. The summed E-state index contributed by atoms with van der Waals surface area (Å²) in [6, 6.07) is -1.05. The molecule has 72 heavy (non-hydrogen) atoms. The van der Waals surface area contributed by atoms with Crippen LogP contribution in [0.25, 0.3) is 0 Å². The fourth-order valence-corrected chi connectivity index (χ4v) is 8.17. The Morgan fingerprint density at radius 1 is 0.556 bits per heavy atom. The van der Waals surface area contributed by atoms with E-state index in [1.165, 1.54) is 57.8 Å². The lowest BCUT2D eigenvalue weighted by atomic mass is 9.99. The molecular weight excluding hydrogens is 907 g/mol. The predicted octanol–water partition coefficient (Wildman–Crippen LogP) is 12.8. The molecule has 1 fully saturated rings. The van der Waals surface area contributed by atoms with Crippen LogP contribution in [0.4, 0.5) is 0 Å². The molecule has 0 bridgehead atoms. The van der Waals surface area contributed by atoms with Gasteiger partial charge in [0, 0.05) is 6.42 Å². The molecule has 0 radical (unpaired) electrons. The number of allylic oxidation sites excluding steroid dienone is 15. The van der Waals surface area contributed by atoms with E-state index in [0.29, 0.717) is 19.3 Å². The third-order valence-electron chi connectivity index (χ3n) is 12.7. The van der Waals surface area contributed by atoms with Gasteiger partial charge < -0.3 is 45.1 Å². The van der Waals surface area contributed by atoms with Crippen molar-refractivity contribution in [2.24, 2.45) is 0 Å². The van der Waals surface area contributed by atoms with Crippen LogP contribution in [0.5, 0.6) is 0 Å². The maximum atomic E-state index is 13.4. The van der Waals surface area contributed by atoms with Crippen molar-refractivity contribution in [3.63, 3.8) is 0 Å². The molecule has 8 atom stereocenters. The molecule has 11 nitrogen and oxygen atoms in total. The summed E-state index contributed by atoms with van der Waals surface area (Å²) < 4.78 is 17.5. The third-order valence-corrected chi connectivity index (χ3v) is 12.7. The Morgan fingerprint density at radius 2 is 1.01 bits per heavy atom. The average molecular weight is 1010 g/mol. The number of amides is 1. The van der Waals surface area contributed by atoms with Crippen molar-refractivity contribution in [2.45, 2.75) is 262 Å². The highest BCUT2D eigenvalue weighted by atomic mass is 16.7. The summed E-state index contributed by atoms with van der Waals surface area (Å²) in [5.41, 5.74) is 0. The molecule has 0 saturated carbocycles. The SMILES string of the molecule is CC/C=C\C/C=C\C/C=C\C/C=C\C/C=C\C/C=C\CCCC(O)C(=O)NC(COC1OC(CO)C(O)C(O)C1OC(=O)CCCCCCC/C=C\CCCC)C(O)/C=C/CCCCCCCCCCCC. The zero-order chi connectivity index (χ0) is 52.5. The number of hydrogen-bond donors (Lipinski definition) is 6. The van der Waals surface area contributed by atoms with Crippen molar-refractivity contribution in [2.75, 3.05) is 13.2 Å². The number of unbranched alkanes of at least 4 members (excludes halogenated alkanes) is 18. The molecule has 1 saturated heterocycles. The van der Waals surface area contributed by atoms with Crippen LogP contribution in [0, 0.1) is 0 Å². The highest BCUT2D eigenvalue weighted by Gasteiger charge is 2.47. The lowest BCUT2D eigenvalue weighted by molar-refractivity contribution is -0.305. The van der Waals surface area contributed by atoms with E-state index in [0.717, 1.165) is 103 Å². The van der Waals surface area contributed by atoms with Crippen molar-refractivity contribution in [1.82, 2.24) is 5.32 Å². The van der Waals surface area contributed by atoms with Crippen LogP contribution in [0.15, 0.2) is 97.2 Å². The topological polar surface area (TPSA) is 175 Å². The standard InChI is InChI=1S/C61H103NO10/c1-4-7-10-13-16-19-22-24-25-26-27-28-29-30-31-34-36-39-42-45-48-54(65)60(69)62-52(53(64)47-44-41-38-35-33-23-20-17-14-11-8-5-2)51-70-61-59(58(68)57(67)55(50-63)71-61)72-56(66)49-46-43-40-37-32-21-18-15-12-9-6-3/h7,10,15-16,18-19,24-25,27-28,30-31,36,39,44,47,52-55,57-59,61,63-65,67-68H,4-6,8-9,11-14,17,20-23,26,29,32-35,37-38,40-43,45-46,48-51H2,1-3H3,(H,62,69)/b10-7-,18-15-,19-16-,25-24-,28-27-,31-30-,39-36-,47-44+. The van der Waals surface area contributed by atoms with Gasteiger partial charge in [0.15, 0.2) is 12.4 Å². The maximum absolute atomic E-state index is 13.4. The zero-order valence-electron chi connectivity index (χ0n) is 45.3. The molecule has 0 aromatic heterocycles. The largest absolute Gasteiger partial charge is 0.454 e. The van der Waals surface area contributed by atoms with Crippen LogP contribution in [-0.4, -0.2) is 99.6 Å². The highest BCUT2D eigenvalue weighted by molar-refractivity contribution is 5.80. The second-order valence-electron chi connectivity index (χ2n) is 19.3. The summed E-state index contributed by atoms with van der Waals surface area (Å²) >= 11 is 0. The lowest BCUT2D eigenvalue weighted by Crippen LogP contribution is -2.61. The Kier molecular flexibility index (Phi) is 44.9. The fourth-order valence-electron chi connectivity index (χ4n) is 8.17. The zero-order valence-corrected chi connectivity index (χ0v) is 45.3. The van der Waals surface area contributed by atoms with Gasteiger partial charge in [-0.05, 0) is 96.3 Å². The van der Waals surface area contributed by atoms with E-state index >= 15 is 0 Å². The van der Waals surface area contributed by atoms with Gasteiger partial charge >= 0.3 is 5.97 Å². The molecule has 0 spiro atoms. The monoisotopic (exact) mass is 1010 g/mol. The first-order valence-corrected chi connectivity index (χ1v) is 28.5. The molecule has 0 aromatic rings. The summed E-state index contributed by atoms with van der Waals surface area (Å²) in [5, 5.41) is 56.7. The van der Waals surface area contributed by atoms with Crippen molar-refractivity contribution in [3.8, 4) is 0 Å². The van der Waals surface area contributed by atoms with Crippen LogP contribution in [0.3, 0.4) is 0 Å². The van der Waals surface area contributed by atoms with Gasteiger partial charge in [-0.1, -0.05) is 208 Å². The first-order chi connectivity index (χ1) is 35.2. The number of hydrogen-bond acceptors (Lipinski definition) is 10. The van der Waals surface area contributed by atoms with Crippen LogP contribution in [0.1, 0.15) is 213 Å². The molecular formula is C61H103NO10. The summed E-state index contributed by atoms with van der Waals surface area (Å²) in [7, 11) is 0. The number of rotatable bonds is 46. The first-order valence-electron chi connectivity index (χ1n) is 28.5. The van der Waals surface area contributed by atoms with Crippen molar-refractivity contribution in [3.05, 3.63) is 97.2 Å². The molecule has 1 amide bonds. The van der Waals surface area contributed by atoms with E-state index in [1.807, 2.05) is 12.2 Å². The second kappa shape index (κ2) is 48.5. The molecule has 6 N–H and O–H groups in total. The van der Waals surface area contributed by atoms with E-state index < -0.39 is 67.4 Å². The van der Waals surface area contributed by atoms with Crippen LogP contribution < -0.4 is 5.32 Å². The Hall–Kier alpha value is -3.42. The second-order valence-corrected chi connectivity index (χ2v) is 19.3. The number of aliphatic hydroxyl groups is 5. The smallest absolute Gasteiger partial charge is 0.306 e. The number of aliphatic hydroxyl groups excluding tert-OH is 5. The van der Waals surface area contributed by atoms with Gasteiger partial charge in [0.1, 0.15) is 24.4 Å². The number of nitrogens with one attached hydrogen (secondary N) is 1. The predicted molar refractivity (Wildman–Crippen MR) is 296 cm³/mol. The van der Waals surface area contributed by atoms with Crippen molar-refractivity contribution in [1.29, 1.82) is 0 Å². The molecule has 8 unspecified atom stereocenters. The van der Waals surface area contributed by atoms with Crippen molar-refractivity contribution < 1.29 is 49.3 Å². The number of carbonyl (C=O) groups excluding carboxylic acids is 2. The van der Waals surface area contributed by atoms with Gasteiger partial charge in [-0.25, -0.2) is 0 Å². The Balaban J connectivity index is 2.77. The van der Waals surface area contributed by atoms with Gasteiger partial charge in [0.05, 0.1) is 25.4 Å². The van der Waals surface area contributed by atoms with Crippen LogP contribution in [-0.2, 0) is 23.8 Å². The van der Waals surface area contributed by atoms with Gasteiger partial charge in [0.25, 0.3) is 0 Å². The van der Waals surface area contributed by atoms with E-state index in [9.17, 15) is 35.1 Å². The third kappa shape index (κ3) is 36.5. The van der Waals surface area contributed by atoms with Gasteiger partial charge in [0.2, 0.25) is 5.91 Å². The van der Waals surface area contributed by atoms with E-state index in [4.69, 9.17) is 14.2 Å². The Bertz CT molecular complexity index is 1530. The van der Waals surface area contributed by atoms with Crippen LogP contribution >= 0.6 is 0 Å². The highest BCUT2D eigenvalue weighted by Crippen LogP contribution is 2.26. The van der Waals surface area contributed by atoms with Crippen molar-refractivity contribution >= 4 is 11.9 Å². The molecule has 1 aliphatic rings. The van der Waals surface area contributed by atoms with E-state index in [-0.39, 0.29) is 19.4 Å². The van der Waals surface area contributed by atoms with Crippen LogP contribution in [0.2, 0.25) is 0 Å². The molecule has 0 aliphatic carbocycles.